The Morgan fingerprint density at radius 2 is 2.08 bits per heavy atom. The third-order valence-corrected chi connectivity index (χ3v) is 4.55. The number of hydrogen-bond acceptors (Lipinski definition) is 4. The Labute approximate surface area is 143 Å². The lowest BCUT2D eigenvalue weighted by atomic mass is 10.3. The van der Waals surface area contributed by atoms with E-state index in [1.807, 2.05) is 0 Å². The summed E-state index contributed by atoms with van der Waals surface area (Å²) in [7, 11) is 0. The van der Waals surface area contributed by atoms with Crippen LogP contribution >= 0.6 is 23.4 Å². The van der Waals surface area contributed by atoms with Crippen LogP contribution in [-0.2, 0) is 12.7 Å². The molecule has 126 valence electrons. The van der Waals surface area contributed by atoms with Gasteiger partial charge in [-0.05, 0) is 18.2 Å². The number of alkyl halides is 3. The van der Waals surface area contributed by atoms with E-state index < -0.39 is 11.7 Å². The molecule has 24 heavy (non-hydrogen) atoms. The van der Waals surface area contributed by atoms with Crippen molar-refractivity contribution in [1.82, 2.24) is 19.2 Å². The minimum absolute atomic E-state index is 0.0721. The van der Waals surface area contributed by atoms with Gasteiger partial charge in [0.15, 0.2) is 5.65 Å². The number of aryl methyl sites for hydroxylation is 1. The SMILES string of the molecule is O=c1n(CCSc2ncc(C(F)(F)F)cc2Cl)nc2ccccn12. The molecule has 0 radical (unpaired) electrons. The van der Waals surface area contributed by atoms with E-state index in [0.29, 0.717) is 11.4 Å². The fourth-order valence-corrected chi connectivity index (χ4v) is 3.14. The predicted octanol–water partition coefficient (Wildman–Crippen LogP) is 3.36. The van der Waals surface area contributed by atoms with Crippen molar-refractivity contribution in [3.8, 4) is 0 Å². The first-order chi connectivity index (χ1) is 11.4. The van der Waals surface area contributed by atoms with Crippen LogP contribution in [0.25, 0.3) is 5.65 Å². The lowest BCUT2D eigenvalue weighted by Crippen LogP contribution is -2.22. The molecule has 0 unspecified atom stereocenters. The highest BCUT2D eigenvalue weighted by Crippen LogP contribution is 2.33. The van der Waals surface area contributed by atoms with E-state index in [4.69, 9.17) is 11.6 Å². The minimum atomic E-state index is -4.48. The summed E-state index contributed by atoms with van der Waals surface area (Å²) in [5.74, 6) is 0.391. The highest BCUT2D eigenvalue weighted by Gasteiger charge is 2.31. The Morgan fingerprint density at radius 1 is 1.29 bits per heavy atom. The number of nitrogens with zero attached hydrogens (tertiary/aromatic N) is 4. The van der Waals surface area contributed by atoms with Gasteiger partial charge in [-0.2, -0.15) is 13.2 Å². The number of rotatable bonds is 4. The fourth-order valence-electron chi connectivity index (χ4n) is 2.03. The van der Waals surface area contributed by atoms with E-state index in [9.17, 15) is 18.0 Å². The van der Waals surface area contributed by atoms with E-state index >= 15 is 0 Å². The van der Waals surface area contributed by atoms with Crippen LogP contribution in [0.2, 0.25) is 5.02 Å². The summed E-state index contributed by atoms with van der Waals surface area (Å²) in [6, 6.07) is 6.04. The molecule has 0 bridgehead atoms. The highest BCUT2D eigenvalue weighted by molar-refractivity contribution is 7.99. The third-order valence-electron chi connectivity index (χ3n) is 3.17. The van der Waals surface area contributed by atoms with Crippen LogP contribution in [0.15, 0.2) is 46.5 Å². The number of thioether (sulfide) groups is 1. The Kier molecular flexibility index (Phi) is 4.55. The van der Waals surface area contributed by atoms with Crippen molar-refractivity contribution < 1.29 is 13.2 Å². The lowest BCUT2D eigenvalue weighted by Gasteiger charge is -2.08. The van der Waals surface area contributed by atoms with E-state index in [-0.39, 0.29) is 22.3 Å². The van der Waals surface area contributed by atoms with Crippen molar-refractivity contribution in [1.29, 1.82) is 0 Å². The van der Waals surface area contributed by atoms with Gasteiger partial charge in [0.25, 0.3) is 0 Å². The van der Waals surface area contributed by atoms with Gasteiger partial charge in [0.05, 0.1) is 17.1 Å². The first-order valence-electron chi connectivity index (χ1n) is 6.76. The Morgan fingerprint density at radius 3 is 2.75 bits per heavy atom. The molecule has 3 aromatic heterocycles. The van der Waals surface area contributed by atoms with E-state index in [1.54, 1.807) is 24.4 Å². The summed E-state index contributed by atoms with van der Waals surface area (Å²) in [6.07, 6.45) is -2.13. The summed E-state index contributed by atoms with van der Waals surface area (Å²) in [5, 5.41) is 4.37. The molecule has 3 aromatic rings. The third kappa shape index (κ3) is 3.41. The molecule has 0 atom stereocenters. The maximum Gasteiger partial charge on any atom is 0.417 e. The summed E-state index contributed by atoms with van der Waals surface area (Å²) in [4.78, 5) is 15.8. The van der Waals surface area contributed by atoms with Crippen LogP contribution in [0.5, 0.6) is 0 Å². The van der Waals surface area contributed by atoms with Crippen molar-refractivity contribution in [2.24, 2.45) is 0 Å². The van der Waals surface area contributed by atoms with Gasteiger partial charge in [-0.15, -0.1) is 16.9 Å². The number of halogens is 4. The molecule has 0 amide bonds. The van der Waals surface area contributed by atoms with Gasteiger partial charge in [0.1, 0.15) is 5.03 Å². The molecule has 0 aliphatic heterocycles. The van der Waals surface area contributed by atoms with Crippen molar-refractivity contribution in [3.05, 3.63) is 57.7 Å². The fraction of sp³-hybridized carbons (Fsp3) is 0.214. The highest BCUT2D eigenvalue weighted by atomic mass is 35.5. The second-order valence-electron chi connectivity index (χ2n) is 4.79. The average molecular weight is 375 g/mol. The maximum absolute atomic E-state index is 12.6. The number of fused-ring (bicyclic) bond motifs is 1. The molecular formula is C14H10ClF3N4OS. The van der Waals surface area contributed by atoms with Crippen LogP contribution in [0.3, 0.4) is 0 Å². The second-order valence-corrected chi connectivity index (χ2v) is 6.28. The average Bonchev–Trinajstić information content (AvgIpc) is 2.85. The van der Waals surface area contributed by atoms with Crippen LogP contribution in [-0.4, -0.2) is 24.9 Å². The molecule has 10 heteroatoms. The lowest BCUT2D eigenvalue weighted by molar-refractivity contribution is -0.137. The number of hydrogen-bond donors (Lipinski definition) is 0. The zero-order valence-corrected chi connectivity index (χ0v) is 13.6. The van der Waals surface area contributed by atoms with Crippen molar-refractivity contribution in [2.75, 3.05) is 5.75 Å². The molecular weight excluding hydrogens is 365 g/mol. The van der Waals surface area contributed by atoms with Crippen LogP contribution in [0.4, 0.5) is 13.2 Å². The first-order valence-corrected chi connectivity index (χ1v) is 8.12. The standard InChI is InChI=1S/C14H10ClF3N4OS/c15-10-7-9(14(16,17)18)8-19-12(10)24-6-5-22-13(23)21-4-2-1-3-11(21)20-22/h1-4,7-8H,5-6H2. The number of pyridine rings is 2. The van der Waals surface area contributed by atoms with E-state index in [0.717, 1.165) is 24.0 Å². The molecule has 0 saturated carbocycles. The molecule has 0 spiro atoms. The molecule has 5 nitrogen and oxygen atoms in total. The van der Waals surface area contributed by atoms with Gasteiger partial charge in [-0.25, -0.2) is 14.5 Å². The summed E-state index contributed by atoms with van der Waals surface area (Å²) in [6.45, 7) is 0.282. The van der Waals surface area contributed by atoms with Crippen LogP contribution in [0, 0.1) is 0 Å². The largest absolute Gasteiger partial charge is 0.417 e. The molecule has 0 aliphatic rings. The zero-order valence-electron chi connectivity index (χ0n) is 12.0. The van der Waals surface area contributed by atoms with Crippen molar-refractivity contribution in [2.45, 2.75) is 17.7 Å². The maximum atomic E-state index is 12.6. The zero-order chi connectivity index (χ0) is 17.3. The Balaban J connectivity index is 1.70. The van der Waals surface area contributed by atoms with Gasteiger partial charge < -0.3 is 0 Å². The summed E-state index contributed by atoms with van der Waals surface area (Å²) in [5.41, 5.74) is -0.649. The quantitative estimate of drug-likeness (QED) is 0.657. The topological polar surface area (TPSA) is 52.2 Å². The monoisotopic (exact) mass is 374 g/mol. The van der Waals surface area contributed by atoms with Gasteiger partial charge in [-0.1, -0.05) is 17.7 Å². The number of aromatic nitrogens is 4. The molecule has 0 aliphatic carbocycles. The molecule has 3 heterocycles. The van der Waals surface area contributed by atoms with Crippen LogP contribution < -0.4 is 5.69 Å². The van der Waals surface area contributed by atoms with Gasteiger partial charge in [0, 0.05) is 18.1 Å². The van der Waals surface area contributed by atoms with Gasteiger partial charge in [0.2, 0.25) is 0 Å². The van der Waals surface area contributed by atoms with Gasteiger partial charge >= 0.3 is 11.9 Å². The Bertz CT molecular complexity index is 938. The van der Waals surface area contributed by atoms with Crippen molar-refractivity contribution in [3.63, 3.8) is 0 Å². The van der Waals surface area contributed by atoms with Gasteiger partial charge in [-0.3, -0.25) is 4.40 Å². The molecule has 0 saturated heterocycles. The predicted molar refractivity (Wildman–Crippen MR) is 84.4 cm³/mol. The normalized spacial score (nSPS) is 12.0. The van der Waals surface area contributed by atoms with E-state index in [1.165, 1.54) is 9.08 Å². The van der Waals surface area contributed by atoms with Crippen molar-refractivity contribution >= 4 is 29.0 Å². The summed E-state index contributed by atoms with van der Waals surface area (Å²) >= 11 is 7.00. The molecule has 0 fully saturated rings. The molecule has 0 N–H and O–H groups in total. The molecule has 3 rings (SSSR count). The van der Waals surface area contributed by atoms with Crippen LogP contribution in [0.1, 0.15) is 5.56 Å². The Hall–Kier alpha value is -2.00. The summed E-state index contributed by atoms with van der Waals surface area (Å²) < 4.78 is 40.4. The first kappa shape index (κ1) is 16.8. The van der Waals surface area contributed by atoms with E-state index in [2.05, 4.69) is 10.1 Å². The smallest absolute Gasteiger partial charge is 0.250 e. The minimum Gasteiger partial charge on any atom is -0.250 e. The molecule has 0 aromatic carbocycles. The second kappa shape index (κ2) is 6.48.